The van der Waals surface area contributed by atoms with Crippen LogP contribution >= 0.6 is 31.9 Å². The van der Waals surface area contributed by atoms with E-state index < -0.39 is 0 Å². The summed E-state index contributed by atoms with van der Waals surface area (Å²) < 4.78 is 6.83. The lowest BCUT2D eigenvalue weighted by atomic mass is 10.1. The van der Waals surface area contributed by atoms with Crippen molar-refractivity contribution in [3.63, 3.8) is 0 Å². The third-order valence-corrected chi connectivity index (χ3v) is 2.79. The van der Waals surface area contributed by atoms with E-state index in [1.807, 2.05) is 18.2 Å². The smallest absolute Gasteiger partial charge is 0.162 e. The van der Waals surface area contributed by atoms with E-state index in [4.69, 9.17) is 9.63 Å². The molecular formula is C10H7Br2NO2. The van der Waals surface area contributed by atoms with E-state index in [0.29, 0.717) is 11.5 Å². The van der Waals surface area contributed by atoms with Gasteiger partial charge < -0.3 is 9.63 Å². The highest BCUT2D eigenvalue weighted by molar-refractivity contribution is 9.11. The number of aliphatic hydroxyl groups excluding tert-OH is 1. The van der Waals surface area contributed by atoms with Crippen molar-refractivity contribution in [2.24, 2.45) is 0 Å². The third-order valence-electron chi connectivity index (χ3n) is 1.87. The van der Waals surface area contributed by atoms with Crippen LogP contribution in [0.4, 0.5) is 0 Å². The van der Waals surface area contributed by atoms with Gasteiger partial charge in [0, 0.05) is 20.6 Å². The van der Waals surface area contributed by atoms with Crippen molar-refractivity contribution in [1.82, 2.24) is 5.16 Å². The number of aliphatic hydroxyl groups is 1. The van der Waals surface area contributed by atoms with E-state index in [1.165, 1.54) is 0 Å². The Morgan fingerprint density at radius 1 is 1.13 bits per heavy atom. The van der Waals surface area contributed by atoms with E-state index in [2.05, 4.69) is 37.0 Å². The molecule has 0 spiro atoms. The Morgan fingerprint density at radius 2 is 1.80 bits per heavy atom. The number of halogens is 2. The minimum atomic E-state index is -0.137. The van der Waals surface area contributed by atoms with Gasteiger partial charge in [-0.05, 0) is 18.2 Å². The van der Waals surface area contributed by atoms with Crippen molar-refractivity contribution in [3.8, 4) is 11.3 Å². The molecule has 1 N–H and O–H groups in total. The van der Waals surface area contributed by atoms with Gasteiger partial charge in [0.1, 0.15) is 12.3 Å². The Kier molecular flexibility index (Phi) is 3.23. The monoisotopic (exact) mass is 331 g/mol. The molecule has 0 saturated heterocycles. The summed E-state index contributed by atoms with van der Waals surface area (Å²) in [5.41, 5.74) is 1.64. The summed E-state index contributed by atoms with van der Waals surface area (Å²) >= 11 is 6.79. The lowest BCUT2D eigenvalue weighted by Gasteiger charge is -1.98. The van der Waals surface area contributed by atoms with Crippen LogP contribution < -0.4 is 0 Å². The minimum Gasteiger partial charge on any atom is -0.388 e. The fourth-order valence-corrected chi connectivity index (χ4v) is 2.52. The number of aromatic nitrogens is 1. The van der Waals surface area contributed by atoms with Gasteiger partial charge >= 0.3 is 0 Å². The number of rotatable bonds is 2. The van der Waals surface area contributed by atoms with Gasteiger partial charge in [-0.25, -0.2) is 0 Å². The van der Waals surface area contributed by atoms with Gasteiger partial charge in [-0.15, -0.1) is 0 Å². The van der Waals surface area contributed by atoms with Gasteiger partial charge in [0.25, 0.3) is 0 Å². The lowest BCUT2D eigenvalue weighted by Crippen LogP contribution is -1.78. The Labute approximate surface area is 103 Å². The second-order valence-electron chi connectivity index (χ2n) is 2.99. The summed E-state index contributed by atoms with van der Waals surface area (Å²) in [6.07, 6.45) is 0. The first-order valence-electron chi connectivity index (χ1n) is 4.22. The molecule has 1 aromatic heterocycles. The summed E-state index contributed by atoms with van der Waals surface area (Å²) in [5, 5.41) is 12.7. The molecule has 0 radical (unpaired) electrons. The molecule has 15 heavy (non-hydrogen) atoms. The maximum Gasteiger partial charge on any atom is 0.162 e. The third kappa shape index (κ3) is 2.48. The van der Waals surface area contributed by atoms with Crippen LogP contribution in [0.15, 0.2) is 37.7 Å². The lowest BCUT2D eigenvalue weighted by molar-refractivity contribution is 0.229. The molecular weight excluding hydrogens is 326 g/mol. The van der Waals surface area contributed by atoms with Crippen molar-refractivity contribution >= 4 is 31.9 Å². The van der Waals surface area contributed by atoms with Crippen LogP contribution in [0.1, 0.15) is 5.76 Å². The van der Waals surface area contributed by atoms with Crippen molar-refractivity contribution in [2.45, 2.75) is 6.61 Å². The zero-order valence-electron chi connectivity index (χ0n) is 7.58. The molecule has 2 aromatic rings. The van der Waals surface area contributed by atoms with Crippen molar-refractivity contribution in [3.05, 3.63) is 39.0 Å². The maximum absolute atomic E-state index is 8.85. The molecule has 0 aliphatic rings. The maximum atomic E-state index is 8.85. The summed E-state index contributed by atoms with van der Waals surface area (Å²) in [6, 6.07) is 7.53. The van der Waals surface area contributed by atoms with Gasteiger partial charge in [-0.2, -0.15) is 0 Å². The quantitative estimate of drug-likeness (QED) is 0.917. The summed E-state index contributed by atoms with van der Waals surface area (Å²) in [5.74, 6) is 0.459. The van der Waals surface area contributed by atoms with E-state index in [0.717, 1.165) is 14.5 Å². The molecule has 0 bridgehead atoms. The van der Waals surface area contributed by atoms with Crippen molar-refractivity contribution in [1.29, 1.82) is 0 Å². The largest absolute Gasteiger partial charge is 0.388 e. The Balaban J connectivity index is 2.44. The zero-order chi connectivity index (χ0) is 10.8. The Bertz CT molecular complexity index is 462. The molecule has 78 valence electrons. The van der Waals surface area contributed by atoms with Gasteiger partial charge in [-0.1, -0.05) is 37.0 Å². The first-order chi connectivity index (χ1) is 7.19. The molecule has 0 aliphatic heterocycles. The standard InChI is InChI=1S/C10H7Br2NO2/c11-7-1-6(2-8(12)3-7)10-4-9(5-14)15-13-10/h1-4,14H,5H2. The fraction of sp³-hybridized carbons (Fsp3) is 0.100. The molecule has 3 nitrogen and oxygen atoms in total. The first-order valence-corrected chi connectivity index (χ1v) is 5.80. The average molecular weight is 333 g/mol. The van der Waals surface area contributed by atoms with Crippen molar-refractivity contribution in [2.75, 3.05) is 0 Å². The summed E-state index contributed by atoms with van der Waals surface area (Å²) in [6.45, 7) is -0.137. The topological polar surface area (TPSA) is 46.3 Å². The molecule has 0 aliphatic carbocycles. The van der Waals surface area contributed by atoms with E-state index >= 15 is 0 Å². The van der Waals surface area contributed by atoms with Gasteiger partial charge in [-0.3, -0.25) is 0 Å². The molecule has 1 aromatic carbocycles. The van der Waals surface area contributed by atoms with E-state index in [-0.39, 0.29) is 6.61 Å². The van der Waals surface area contributed by atoms with Gasteiger partial charge in [0.2, 0.25) is 0 Å². The zero-order valence-corrected chi connectivity index (χ0v) is 10.7. The van der Waals surface area contributed by atoms with Crippen LogP contribution in [0.25, 0.3) is 11.3 Å². The van der Waals surface area contributed by atoms with Gasteiger partial charge in [0.15, 0.2) is 5.76 Å². The highest BCUT2D eigenvalue weighted by Crippen LogP contribution is 2.27. The number of benzene rings is 1. The molecule has 1 heterocycles. The Hall–Kier alpha value is -0.650. The van der Waals surface area contributed by atoms with Crippen LogP contribution in [-0.2, 0) is 6.61 Å². The normalized spacial score (nSPS) is 10.6. The summed E-state index contributed by atoms with van der Waals surface area (Å²) in [7, 11) is 0. The van der Waals surface area contributed by atoms with Crippen LogP contribution in [0.5, 0.6) is 0 Å². The number of nitrogens with zero attached hydrogens (tertiary/aromatic N) is 1. The molecule has 0 fully saturated rings. The average Bonchev–Trinajstić information content (AvgIpc) is 2.64. The first kappa shape index (κ1) is 10.9. The molecule has 5 heteroatoms. The fourth-order valence-electron chi connectivity index (χ4n) is 1.23. The second-order valence-corrected chi connectivity index (χ2v) is 4.83. The molecule has 0 saturated carbocycles. The molecule has 0 unspecified atom stereocenters. The highest BCUT2D eigenvalue weighted by atomic mass is 79.9. The predicted octanol–water partition coefficient (Wildman–Crippen LogP) is 3.36. The minimum absolute atomic E-state index is 0.137. The van der Waals surface area contributed by atoms with Crippen LogP contribution in [0, 0.1) is 0 Å². The summed E-state index contributed by atoms with van der Waals surface area (Å²) in [4.78, 5) is 0. The number of hydrogen-bond donors (Lipinski definition) is 1. The SMILES string of the molecule is OCc1cc(-c2cc(Br)cc(Br)c2)no1. The van der Waals surface area contributed by atoms with E-state index in [9.17, 15) is 0 Å². The molecule has 0 atom stereocenters. The molecule has 2 rings (SSSR count). The van der Waals surface area contributed by atoms with Crippen LogP contribution in [0.2, 0.25) is 0 Å². The second kappa shape index (κ2) is 4.47. The Morgan fingerprint density at radius 3 is 2.33 bits per heavy atom. The van der Waals surface area contributed by atoms with Crippen molar-refractivity contribution < 1.29 is 9.63 Å². The highest BCUT2D eigenvalue weighted by Gasteiger charge is 2.07. The van der Waals surface area contributed by atoms with E-state index in [1.54, 1.807) is 6.07 Å². The molecule has 0 amide bonds. The number of hydrogen-bond acceptors (Lipinski definition) is 3. The van der Waals surface area contributed by atoms with Gasteiger partial charge in [0.05, 0.1) is 0 Å². The van der Waals surface area contributed by atoms with Crippen LogP contribution in [0.3, 0.4) is 0 Å². The van der Waals surface area contributed by atoms with Crippen LogP contribution in [-0.4, -0.2) is 10.3 Å². The predicted molar refractivity (Wildman–Crippen MR) is 63.3 cm³/mol.